The number of hydrogen-bond acceptors (Lipinski definition) is 3. The molecule has 1 unspecified atom stereocenters. The molecule has 1 atom stereocenters. The Hall–Kier alpha value is -0.970. The van der Waals surface area contributed by atoms with E-state index < -0.39 is 10.8 Å². The summed E-state index contributed by atoms with van der Waals surface area (Å²) in [5, 5.41) is 3.82. The van der Waals surface area contributed by atoms with E-state index in [0.29, 0.717) is 4.90 Å². The molecule has 0 aliphatic carbocycles. The Bertz CT molecular complexity index is 282. The number of rotatable bonds is 3. The standard InChI is InChI=1S/C6H8N2O2S/c1-11(10)6-4-7-8(5-6)2-3-9/h3-5H,2H2,1H3. The van der Waals surface area contributed by atoms with Crippen LogP contribution in [-0.2, 0) is 22.1 Å². The maximum Gasteiger partial charge on any atom is 0.141 e. The highest BCUT2D eigenvalue weighted by Crippen LogP contribution is 2.00. The maximum atomic E-state index is 10.8. The fraction of sp³-hybridized carbons (Fsp3) is 0.333. The molecule has 0 aromatic carbocycles. The molecule has 1 heterocycles. The minimum Gasteiger partial charge on any atom is -0.301 e. The van der Waals surface area contributed by atoms with Crippen molar-refractivity contribution < 1.29 is 9.00 Å². The van der Waals surface area contributed by atoms with E-state index in [1.54, 1.807) is 12.5 Å². The first-order valence-electron chi connectivity index (χ1n) is 3.03. The van der Waals surface area contributed by atoms with Crippen LogP contribution < -0.4 is 0 Å². The number of carbonyl (C=O) groups is 1. The van der Waals surface area contributed by atoms with Crippen LogP contribution in [0.5, 0.6) is 0 Å². The van der Waals surface area contributed by atoms with Crippen molar-refractivity contribution in [2.24, 2.45) is 0 Å². The Balaban J connectivity index is 2.81. The zero-order valence-electron chi connectivity index (χ0n) is 6.06. The molecule has 0 aliphatic heterocycles. The summed E-state index contributed by atoms with van der Waals surface area (Å²) in [5.41, 5.74) is 0. The Morgan fingerprint density at radius 1 is 1.82 bits per heavy atom. The lowest BCUT2D eigenvalue weighted by molar-refractivity contribution is -0.108. The monoisotopic (exact) mass is 172 g/mol. The van der Waals surface area contributed by atoms with Crippen molar-refractivity contribution in [2.75, 3.05) is 6.26 Å². The molecule has 0 spiro atoms. The Labute approximate surface area is 66.7 Å². The molecular weight excluding hydrogens is 164 g/mol. The van der Waals surface area contributed by atoms with Gasteiger partial charge >= 0.3 is 0 Å². The van der Waals surface area contributed by atoms with Crippen LogP contribution in [0.1, 0.15) is 0 Å². The van der Waals surface area contributed by atoms with Gasteiger partial charge in [0.05, 0.1) is 28.4 Å². The summed E-state index contributed by atoms with van der Waals surface area (Å²) in [4.78, 5) is 10.7. The van der Waals surface area contributed by atoms with Crippen LogP contribution in [0.2, 0.25) is 0 Å². The molecule has 0 aliphatic rings. The average molecular weight is 172 g/mol. The Kier molecular flexibility index (Phi) is 2.53. The molecule has 0 amide bonds. The van der Waals surface area contributed by atoms with Crippen molar-refractivity contribution in [2.45, 2.75) is 11.4 Å². The third-order valence-electron chi connectivity index (χ3n) is 1.20. The molecule has 0 N–H and O–H groups in total. The van der Waals surface area contributed by atoms with Crippen molar-refractivity contribution in [3.8, 4) is 0 Å². The second-order valence-electron chi connectivity index (χ2n) is 2.02. The van der Waals surface area contributed by atoms with Crippen LogP contribution in [0.4, 0.5) is 0 Å². The molecule has 0 bridgehead atoms. The summed E-state index contributed by atoms with van der Waals surface area (Å²) in [6.45, 7) is 0.219. The van der Waals surface area contributed by atoms with Crippen LogP contribution in [0.15, 0.2) is 17.3 Å². The first-order chi connectivity index (χ1) is 5.24. The topological polar surface area (TPSA) is 52.0 Å². The molecule has 0 radical (unpaired) electrons. The average Bonchev–Trinajstić information content (AvgIpc) is 2.37. The molecule has 0 fully saturated rings. The quantitative estimate of drug-likeness (QED) is 0.594. The van der Waals surface area contributed by atoms with Crippen molar-refractivity contribution in [3.63, 3.8) is 0 Å². The SMILES string of the molecule is CS(=O)c1cnn(CC=O)c1. The van der Waals surface area contributed by atoms with Gasteiger partial charge in [0.2, 0.25) is 0 Å². The van der Waals surface area contributed by atoms with Gasteiger partial charge in [0.1, 0.15) is 6.29 Å². The Morgan fingerprint density at radius 2 is 2.55 bits per heavy atom. The highest BCUT2D eigenvalue weighted by molar-refractivity contribution is 7.84. The number of aromatic nitrogens is 2. The van der Waals surface area contributed by atoms with Crippen LogP contribution >= 0.6 is 0 Å². The normalized spacial score (nSPS) is 12.8. The summed E-state index contributed by atoms with van der Waals surface area (Å²) >= 11 is 0. The molecule has 60 valence electrons. The van der Waals surface area contributed by atoms with Gasteiger partial charge in [-0.1, -0.05) is 0 Å². The van der Waals surface area contributed by atoms with Gasteiger partial charge in [0.15, 0.2) is 0 Å². The smallest absolute Gasteiger partial charge is 0.141 e. The van der Waals surface area contributed by atoms with E-state index in [0.717, 1.165) is 6.29 Å². The third kappa shape index (κ3) is 1.98. The van der Waals surface area contributed by atoms with Gasteiger partial charge in [-0.05, 0) is 0 Å². The lowest BCUT2D eigenvalue weighted by Gasteiger charge is -1.88. The summed E-state index contributed by atoms with van der Waals surface area (Å²) in [7, 11) is -1.01. The van der Waals surface area contributed by atoms with Gasteiger partial charge in [-0.3, -0.25) is 8.89 Å². The lowest BCUT2D eigenvalue weighted by Crippen LogP contribution is -1.98. The Morgan fingerprint density at radius 3 is 3.00 bits per heavy atom. The second kappa shape index (κ2) is 3.43. The first kappa shape index (κ1) is 8.13. The van der Waals surface area contributed by atoms with Gasteiger partial charge in [-0.15, -0.1) is 0 Å². The van der Waals surface area contributed by atoms with E-state index in [4.69, 9.17) is 0 Å². The molecule has 1 aromatic heterocycles. The van der Waals surface area contributed by atoms with E-state index in [9.17, 15) is 9.00 Å². The van der Waals surface area contributed by atoms with Crippen LogP contribution in [0.25, 0.3) is 0 Å². The van der Waals surface area contributed by atoms with E-state index in [1.807, 2.05) is 0 Å². The molecule has 0 saturated heterocycles. The largest absolute Gasteiger partial charge is 0.301 e. The third-order valence-corrected chi connectivity index (χ3v) is 2.08. The van der Waals surface area contributed by atoms with E-state index in [2.05, 4.69) is 5.10 Å². The minimum atomic E-state index is -1.01. The maximum absolute atomic E-state index is 10.8. The van der Waals surface area contributed by atoms with Gasteiger partial charge < -0.3 is 4.79 Å². The number of nitrogens with zero attached hydrogens (tertiary/aromatic N) is 2. The fourth-order valence-corrected chi connectivity index (χ4v) is 1.13. The van der Waals surface area contributed by atoms with Crippen molar-refractivity contribution in [1.29, 1.82) is 0 Å². The van der Waals surface area contributed by atoms with Crippen molar-refractivity contribution in [1.82, 2.24) is 9.78 Å². The van der Waals surface area contributed by atoms with Gasteiger partial charge in [0.25, 0.3) is 0 Å². The van der Waals surface area contributed by atoms with E-state index in [-0.39, 0.29) is 6.54 Å². The second-order valence-corrected chi connectivity index (χ2v) is 3.40. The highest BCUT2D eigenvalue weighted by atomic mass is 32.2. The van der Waals surface area contributed by atoms with E-state index >= 15 is 0 Å². The number of hydrogen-bond donors (Lipinski definition) is 0. The van der Waals surface area contributed by atoms with Crippen molar-refractivity contribution in [3.05, 3.63) is 12.4 Å². The number of carbonyl (C=O) groups excluding carboxylic acids is 1. The molecule has 4 nitrogen and oxygen atoms in total. The summed E-state index contributed by atoms with van der Waals surface area (Å²) < 4.78 is 12.3. The molecule has 0 saturated carbocycles. The minimum absolute atomic E-state index is 0.219. The predicted molar refractivity (Wildman–Crippen MR) is 40.6 cm³/mol. The van der Waals surface area contributed by atoms with Crippen LogP contribution in [-0.4, -0.2) is 26.5 Å². The fourth-order valence-electron chi connectivity index (χ4n) is 0.669. The van der Waals surface area contributed by atoms with E-state index in [1.165, 1.54) is 10.9 Å². The van der Waals surface area contributed by atoms with Crippen molar-refractivity contribution >= 4 is 17.1 Å². The number of aldehydes is 1. The zero-order chi connectivity index (χ0) is 8.27. The molecule has 5 heteroatoms. The molecule has 11 heavy (non-hydrogen) atoms. The highest BCUT2D eigenvalue weighted by Gasteiger charge is 1.99. The zero-order valence-corrected chi connectivity index (χ0v) is 6.87. The van der Waals surface area contributed by atoms with Crippen LogP contribution in [0.3, 0.4) is 0 Å². The van der Waals surface area contributed by atoms with Crippen LogP contribution in [0, 0.1) is 0 Å². The summed E-state index contributed by atoms with van der Waals surface area (Å²) in [6.07, 6.45) is 5.42. The molecule has 1 rings (SSSR count). The predicted octanol–water partition coefficient (Wildman–Crippen LogP) is -0.181. The molecule has 1 aromatic rings. The summed E-state index contributed by atoms with van der Waals surface area (Å²) in [5.74, 6) is 0. The first-order valence-corrected chi connectivity index (χ1v) is 4.59. The summed E-state index contributed by atoms with van der Waals surface area (Å²) in [6, 6.07) is 0. The van der Waals surface area contributed by atoms with Gasteiger partial charge in [0, 0.05) is 12.5 Å². The van der Waals surface area contributed by atoms with Gasteiger partial charge in [-0.25, -0.2) is 0 Å². The van der Waals surface area contributed by atoms with Gasteiger partial charge in [-0.2, -0.15) is 5.10 Å². The lowest BCUT2D eigenvalue weighted by atomic mass is 10.7. The molecular formula is C6H8N2O2S.